The van der Waals surface area contributed by atoms with Gasteiger partial charge in [-0.15, -0.1) is 23.1 Å². The molecule has 1 atom stereocenters. The van der Waals surface area contributed by atoms with Crippen LogP contribution in [0.25, 0.3) is 0 Å². The van der Waals surface area contributed by atoms with Gasteiger partial charge in [0, 0.05) is 21.6 Å². The maximum absolute atomic E-state index is 13.2. The first-order valence-corrected chi connectivity index (χ1v) is 9.13. The Kier molecular flexibility index (Phi) is 6.55. The topological polar surface area (TPSA) is 12.0 Å². The van der Waals surface area contributed by atoms with Crippen molar-refractivity contribution in [2.45, 2.75) is 24.3 Å². The van der Waals surface area contributed by atoms with E-state index in [2.05, 4.69) is 40.3 Å². The molecule has 0 spiro atoms. The third-order valence-corrected chi connectivity index (χ3v) is 5.62. The Balaban J connectivity index is 1.91. The number of benzene rings is 1. The van der Waals surface area contributed by atoms with E-state index in [0.717, 1.165) is 23.6 Å². The number of hydrogen-bond donors (Lipinski definition) is 1. The fourth-order valence-electron chi connectivity index (χ4n) is 1.94. The van der Waals surface area contributed by atoms with Crippen LogP contribution in [0.15, 0.2) is 45.1 Å². The molecule has 5 heteroatoms. The van der Waals surface area contributed by atoms with Crippen LogP contribution in [-0.2, 0) is 6.42 Å². The van der Waals surface area contributed by atoms with Crippen LogP contribution < -0.4 is 5.32 Å². The van der Waals surface area contributed by atoms with E-state index in [-0.39, 0.29) is 5.82 Å². The Hall–Kier alpha value is -0.360. The molecule has 0 fully saturated rings. The van der Waals surface area contributed by atoms with Crippen LogP contribution in [0.1, 0.15) is 11.8 Å². The van der Waals surface area contributed by atoms with E-state index in [1.54, 1.807) is 35.2 Å². The molecule has 2 aromatic rings. The van der Waals surface area contributed by atoms with Crippen LogP contribution in [0, 0.1) is 5.82 Å². The lowest BCUT2D eigenvalue weighted by atomic mass is 10.2. The second-order valence-corrected chi connectivity index (χ2v) is 8.07. The lowest BCUT2D eigenvalue weighted by molar-refractivity contribution is 0.576. The molecule has 20 heavy (non-hydrogen) atoms. The highest BCUT2D eigenvalue weighted by atomic mass is 79.9. The summed E-state index contributed by atoms with van der Waals surface area (Å²) in [5, 5.41) is 3.50. The van der Waals surface area contributed by atoms with Crippen molar-refractivity contribution in [3.05, 3.63) is 50.9 Å². The van der Waals surface area contributed by atoms with Gasteiger partial charge in [0.05, 0.1) is 3.79 Å². The third-order valence-electron chi connectivity index (χ3n) is 2.82. The molecule has 2 rings (SSSR count). The maximum Gasteiger partial charge on any atom is 0.124 e. The highest BCUT2D eigenvalue weighted by Gasteiger charge is 2.11. The highest BCUT2D eigenvalue weighted by molar-refractivity contribution is 9.11. The van der Waals surface area contributed by atoms with Gasteiger partial charge < -0.3 is 5.32 Å². The average Bonchev–Trinajstić information content (AvgIpc) is 2.82. The van der Waals surface area contributed by atoms with Crippen molar-refractivity contribution in [1.29, 1.82) is 0 Å². The summed E-state index contributed by atoms with van der Waals surface area (Å²) in [6.45, 7) is 3.06. The summed E-state index contributed by atoms with van der Waals surface area (Å²) in [4.78, 5) is 2.35. The second-order valence-electron chi connectivity index (χ2n) is 4.43. The van der Waals surface area contributed by atoms with Gasteiger partial charge in [0.1, 0.15) is 5.82 Å². The number of likely N-dealkylation sites (N-methyl/N-ethyl adjacent to an activating group) is 1. The molecule has 1 N–H and O–H groups in total. The van der Waals surface area contributed by atoms with Crippen molar-refractivity contribution in [3.63, 3.8) is 0 Å². The Morgan fingerprint density at radius 3 is 2.85 bits per heavy atom. The summed E-state index contributed by atoms with van der Waals surface area (Å²) in [7, 11) is 0. The van der Waals surface area contributed by atoms with Crippen LogP contribution in [0.3, 0.4) is 0 Å². The standard InChI is InChI=1S/C15H17BrFNS2/c1-2-18-12(9-14-6-7-15(16)20-14)10-19-13-5-3-4-11(17)8-13/h3-8,12,18H,2,9-10H2,1H3. The zero-order valence-corrected chi connectivity index (χ0v) is 14.5. The molecule has 0 bridgehead atoms. The van der Waals surface area contributed by atoms with Crippen molar-refractivity contribution in [1.82, 2.24) is 5.32 Å². The molecule has 0 aliphatic heterocycles. The molecule has 0 saturated heterocycles. The summed E-state index contributed by atoms with van der Waals surface area (Å²) in [5.74, 6) is 0.768. The number of thioether (sulfide) groups is 1. The first-order chi connectivity index (χ1) is 9.67. The number of nitrogens with one attached hydrogen (secondary N) is 1. The lowest BCUT2D eigenvalue weighted by Gasteiger charge is -2.16. The minimum absolute atomic E-state index is 0.169. The van der Waals surface area contributed by atoms with E-state index in [1.807, 2.05) is 6.07 Å². The minimum atomic E-state index is -0.169. The van der Waals surface area contributed by atoms with Gasteiger partial charge in [0.2, 0.25) is 0 Å². The molecule has 0 aliphatic rings. The average molecular weight is 374 g/mol. The van der Waals surface area contributed by atoms with Gasteiger partial charge in [-0.2, -0.15) is 0 Å². The van der Waals surface area contributed by atoms with Gasteiger partial charge in [0.15, 0.2) is 0 Å². The smallest absolute Gasteiger partial charge is 0.124 e. The van der Waals surface area contributed by atoms with Crippen LogP contribution in [0.4, 0.5) is 4.39 Å². The van der Waals surface area contributed by atoms with E-state index in [4.69, 9.17) is 0 Å². The summed E-state index contributed by atoms with van der Waals surface area (Å²) < 4.78 is 14.3. The van der Waals surface area contributed by atoms with Crippen molar-refractivity contribution in [2.24, 2.45) is 0 Å². The SMILES string of the molecule is CCNC(CSc1cccc(F)c1)Cc1ccc(Br)s1. The largest absolute Gasteiger partial charge is 0.313 e. The van der Waals surface area contributed by atoms with Gasteiger partial charge in [-0.3, -0.25) is 0 Å². The first-order valence-electron chi connectivity index (χ1n) is 6.53. The number of rotatable bonds is 7. The molecule has 0 saturated carbocycles. The monoisotopic (exact) mass is 373 g/mol. The summed E-state index contributed by atoms with van der Waals surface area (Å²) in [6.07, 6.45) is 1.01. The molecule has 0 amide bonds. The van der Waals surface area contributed by atoms with Gasteiger partial charge in [-0.1, -0.05) is 13.0 Å². The maximum atomic E-state index is 13.2. The fourth-order valence-corrected chi connectivity index (χ4v) is 4.50. The van der Waals surface area contributed by atoms with Gasteiger partial charge in [0.25, 0.3) is 0 Å². The molecule has 0 aliphatic carbocycles. The van der Waals surface area contributed by atoms with E-state index in [1.165, 1.54) is 14.7 Å². The molecule has 1 aromatic heterocycles. The summed E-state index contributed by atoms with van der Waals surface area (Å²) >= 11 is 6.97. The van der Waals surface area contributed by atoms with E-state index >= 15 is 0 Å². The molecule has 108 valence electrons. The van der Waals surface area contributed by atoms with E-state index in [0.29, 0.717) is 6.04 Å². The zero-order chi connectivity index (χ0) is 14.4. The van der Waals surface area contributed by atoms with Crippen LogP contribution in [0.2, 0.25) is 0 Å². The molecule has 1 unspecified atom stereocenters. The Morgan fingerprint density at radius 1 is 1.35 bits per heavy atom. The molecule has 1 aromatic carbocycles. The predicted molar refractivity (Wildman–Crippen MR) is 90.3 cm³/mol. The normalized spacial score (nSPS) is 12.6. The van der Waals surface area contributed by atoms with Gasteiger partial charge in [-0.05, 0) is 59.2 Å². The van der Waals surface area contributed by atoms with Crippen LogP contribution in [-0.4, -0.2) is 18.3 Å². The first kappa shape index (κ1) is 16.0. The predicted octanol–water partition coefficient (Wildman–Crippen LogP) is 4.96. The van der Waals surface area contributed by atoms with E-state index in [9.17, 15) is 4.39 Å². The van der Waals surface area contributed by atoms with E-state index < -0.39 is 0 Å². The zero-order valence-electron chi connectivity index (χ0n) is 11.2. The molecular formula is C15H17BrFNS2. The quantitative estimate of drug-likeness (QED) is 0.688. The minimum Gasteiger partial charge on any atom is -0.313 e. The fraction of sp³-hybridized carbons (Fsp3) is 0.333. The van der Waals surface area contributed by atoms with Crippen molar-refractivity contribution >= 4 is 39.0 Å². The van der Waals surface area contributed by atoms with Gasteiger partial charge >= 0.3 is 0 Å². The van der Waals surface area contributed by atoms with Crippen molar-refractivity contribution in [2.75, 3.05) is 12.3 Å². The summed E-state index contributed by atoms with van der Waals surface area (Å²) in [6, 6.07) is 11.4. The number of halogens is 2. The van der Waals surface area contributed by atoms with Crippen molar-refractivity contribution in [3.8, 4) is 0 Å². The summed E-state index contributed by atoms with van der Waals surface area (Å²) in [5.41, 5.74) is 0. The number of hydrogen-bond acceptors (Lipinski definition) is 3. The third kappa shape index (κ3) is 5.20. The molecular weight excluding hydrogens is 357 g/mol. The Bertz CT molecular complexity index is 544. The Labute approximate surface area is 136 Å². The van der Waals surface area contributed by atoms with Crippen LogP contribution >= 0.6 is 39.0 Å². The van der Waals surface area contributed by atoms with Gasteiger partial charge in [-0.25, -0.2) is 4.39 Å². The second kappa shape index (κ2) is 8.17. The molecule has 1 heterocycles. The Morgan fingerprint density at radius 2 is 2.20 bits per heavy atom. The number of thiophene rings is 1. The molecule has 0 radical (unpaired) electrons. The van der Waals surface area contributed by atoms with Crippen LogP contribution in [0.5, 0.6) is 0 Å². The van der Waals surface area contributed by atoms with Crippen molar-refractivity contribution < 1.29 is 4.39 Å². The highest BCUT2D eigenvalue weighted by Crippen LogP contribution is 2.25. The lowest BCUT2D eigenvalue weighted by Crippen LogP contribution is -2.32. The molecule has 1 nitrogen and oxygen atoms in total.